The van der Waals surface area contributed by atoms with Gasteiger partial charge < -0.3 is 0 Å². The Morgan fingerprint density at radius 3 is 2.41 bits per heavy atom. The minimum absolute atomic E-state index is 0.351. The lowest BCUT2D eigenvalue weighted by Crippen LogP contribution is -2.31. The first-order valence-electron chi connectivity index (χ1n) is 6.61. The lowest BCUT2D eigenvalue weighted by Gasteiger charge is -2.06. The predicted molar refractivity (Wildman–Crippen MR) is 85.7 cm³/mol. The molecule has 0 aliphatic heterocycles. The average Bonchev–Trinajstić information content (AvgIpc) is 3.01. The van der Waals surface area contributed by atoms with E-state index in [-0.39, 0.29) is 0 Å². The summed E-state index contributed by atoms with van der Waals surface area (Å²) < 4.78 is 1.54. The fourth-order valence-corrected chi connectivity index (χ4v) is 2.27. The van der Waals surface area contributed by atoms with Gasteiger partial charge in [0.2, 0.25) is 0 Å². The molecule has 110 valence electrons. The van der Waals surface area contributed by atoms with Crippen LogP contribution in [0, 0.1) is 0 Å². The van der Waals surface area contributed by atoms with Crippen LogP contribution in [0.25, 0.3) is 16.9 Å². The van der Waals surface area contributed by atoms with Crippen molar-refractivity contribution in [2.24, 2.45) is 5.84 Å². The number of nitrogens with one attached hydrogen (secondary N) is 1. The van der Waals surface area contributed by atoms with Gasteiger partial charge in [0.05, 0.1) is 11.4 Å². The Kier molecular flexibility index (Phi) is 3.91. The van der Waals surface area contributed by atoms with E-state index < -0.39 is 5.91 Å². The van der Waals surface area contributed by atoms with Gasteiger partial charge in [-0.2, -0.15) is 5.10 Å². The molecule has 0 aliphatic carbocycles. The largest absolute Gasteiger partial charge is 0.289 e. The van der Waals surface area contributed by atoms with Crippen LogP contribution in [0.1, 0.15) is 10.5 Å². The first-order valence-corrected chi connectivity index (χ1v) is 6.99. The monoisotopic (exact) mass is 312 g/mol. The van der Waals surface area contributed by atoms with Crippen molar-refractivity contribution >= 4 is 17.5 Å². The van der Waals surface area contributed by atoms with E-state index >= 15 is 0 Å². The van der Waals surface area contributed by atoms with Crippen molar-refractivity contribution in [2.75, 3.05) is 0 Å². The second-order valence-electron chi connectivity index (χ2n) is 4.64. The van der Waals surface area contributed by atoms with Crippen LogP contribution in [0.15, 0.2) is 60.7 Å². The lowest BCUT2D eigenvalue weighted by molar-refractivity contribution is 0.0946. The molecule has 0 spiro atoms. The summed E-state index contributed by atoms with van der Waals surface area (Å²) >= 11 is 5.90. The molecular weight excluding hydrogens is 300 g/mol. The van der Waals surface area contributed by atoms with E-state index in [4.69, 9.17) is 17.4 Å². The van der Waals surface area contributed by atoms with Crippen molar-refractivity contribution in [2.45, 2.75) is 0 Å². The van der Waals surface area contributed by atoms with Gasteiger partial charge in [-0.25, -0.2) is 10.5 Å². The standard InChI is InChI=1S/C16H13ClN4O/c17-12-6-8-13(9-7-12)21-15(16(22)19-18)10-14(20-21)11-4-2-1-3-5-11/h1-10H,18H2,(H,19,22). The van der Waals surface area contributed by atoms with Gasteiger partial charge in [-0.1, -0.05) is 41.9 Å². The summed E-state index contributed by atoms with van der Waals surface area (Å²) in [6.07, 6.45) is 0. The van der Waals surface area contributed by atoms with E-state index in [2.05, 4.69) is 10.5 Å². The Labute approximate surface area is 132 Å². The number of amides is 1. The summed E-state index contributed by atoms with van der Waals surface area (Å²) in [7, 11) is 0. The Balaban J connectivity index is 2.13. The number of halogens is 1. The smallest absolute Gasteiger partial charge is 0.283 e. The molecule has 1 amide bonds. The highest BCUT2D eigenvalue weighted by molar-refractivity contribution is 6.30. The summed E-state index contributed by atoms with van der Waals surface area (Å²) in [5.74, 6) is 4.85. The van der Waals surface area contributed by atoms with E-state index in [0.717, 1.165) is 11.3 Å². The molecule has 6 heteroatoms. The number of aromatic nitrogens is 2. The number of nitrogen functional groups attached to an aromatic ring is 1. The number of carbonyl (C=O) groups excluding carboxylic acids is 1. The summed E-state index contributed by atoms with van der Waals surface area (Å²) in [6, 6.07) is 18.4. The lowest BCUT2D eigenvalue weighted by atomic mass is 10.1. The first-order chi connectivity index (χ1) is 10.7. The fraction of sp³-hybridized carbons (Fsp3) is 0. The molecule has 0 unspecified atom stereocenters. The minimum Gasteiger partial charge on any atom is -0.289 e. The maximum atomic E-state index is 12.0. The highest BCUT2D eigenvalue weighted by Gasteiger charge is 2.16. The van der Waals surface area contributed by atoms with Gasteiger partial charge in [0.15, 0.2) is 0 Å². The van der Waals surface area contributed by atoms with Gasteiger partial charge in [-0.05, 0) is 30.3 Å². The number of hydrogen-bond donors (Lipinski definition) is 2. The number of hydrazine groups is 1. The molecule has 3 N–H and O–H groups in total. The van der Waals surface area contributed by atoms with Crippen LogP contribution in [0.4, 0.5) is 0 Å². The molecule has 0 fully saturated rings. The average molecular weight is 313 g/mol. The van der Waals surface area contributed by atoms with Crippen LogP contribution < -0.4 is 11.3 Å². The molecule has 0 bridgehead atoms. The Morgan fingerprint density at radius 1 is 1.09 bits per heavy atom. The molecule has 0 aliphatic rings. The van der Waals surface area contributed by atoms with Crippen molar-refractivity contribution in [3.05, 3.63) is 71.4 Å². The van der Waals surface area contributed by atoms with Crippen LogP contribution in [-0.2, 0) is 0 Å². The van der Waals surface area contributed by atoms with Crippen LogP contribution in [0.3, 0.4) is 0 Å². The van der Waals surface area contributed by atoms with E-state index in [0.29, 0.717) is 16.4 Å². The molecular formula is C16H13ClN4O. The van der Waals surface area contributed by atoms with Gasteiger partial charge >= 0.3 is 0 Å². The zero-order valence-electron chi connectivity index (χ0n) is 11.5. The van der Waals surface area contributed by atoms with E-state index in [9.17, 15) is 4.79 Å². The third kappa shape index (κ3) is 2.72. The molecule has 0 saturated carbocycles. The van der Waals surface area contributed by atoms with E-state index in [1.54, 1.807) is 35.0 Å². The number of rotatable bonds is 3. The molecule has 2 aromatic carbocycles. The molecule has 3 rings (SSSR count). The number of nitrogens with two attached hydrogens (primary N) is 1. The van der Waals surface area contributed by atoms with Gasteiger partial charge in [-0.3, -0.25) is 10.2 Å². The maximum absolute atomic E-state index is 12.0. The Bertz CT molecular complexity index is 797. The van der Waals surface area contributed by atoms with Gasteiger partial charge in [-0.15, -0.1) is 0 Å². The first kappa shape index (κ1) is 14.3. The quantitative estimate of drug-likeness (QED) is 0.444. The SMILES string of the molecule is NNC(=O)c1cc(-c2ccccc2)nn1-c1ccc(Cl)cc1. The predicted octanol–water partition coefficient (Wildman–Crippen LogP) is 2.80. The third-order valence-corrected chi connectivity index (χ3v) is 3.47. The summed E-state index contributed by atoms with van der Waals surface area (Å²) in [4.78, 5) is 12.0. The Morgan fingerprint density at radius 2 is 1.77 bits per heavy atom. The fourth-order valence-electron chi connectivity index (χ4n) is 2.15. The van der Waals surface area contributed by atoms with Crippen LogP contribution in [0.5, 0.6) is 0 Å². The second kappa shape index (κ2) is 6.01. The maximum Gasteiger partial charge on any atom is 0.283 e. The highest BCUT2D eigenvalue weighted by atomic mass is 35.5. The normalized spacial score (nSPS) is 10.5. The summed E-state index contributed by atoms with van der Waals surface area (Å²) in [5.41, 5.74) is 4.83. The minimum atomic E-state index is -0.412. The number of hydrogen-bond acceptors (Lipinski definition) is 3. The zero-order valence-corrected chi connectivity index (χ0v) is 12.3. The van der Waals surface area contributed by atoms with Crippen molar-refractivity contribution in [3.63, 3.8) is 0 Å². The molecule has 5 nitrogen and oxygen atoms in total. The summed E-state index contributed by atoms with van der Waals surface area (Å²) in [5, 5.41) is 5.12. The van der Waals surface area contributed by atoms with Crippen molar-refractivity contribution in [3.8, 4) is 16.9 Å². The molecule has 3 aromatic rings. The summed E-state index contributed by atoms with van der Waals surface area (Å²) in [6.45, 7) is 0. The molecule has 0 saturated heterocycles. The van der Waals surface area contributed by atoms with E-state index in [1.165, 1.54) is 0 Å². The van der Waals surface area contributed by atoms with Gasteiger partial charge in [0.1, 0.15) is 5.69 Å². The molecule has 1 aromatic heterocycles. The number of benzene rings is 2. The molecule has 0 atom stereocenters. The van der Waals surface area contributed by atoms with Crippen LogP contribution in [-0.4, -0.2) is 15.7 Å². The van der Waals surface area contributed by atoms with Gasteiger partial charge in [0.25, 0.3) is 5.91 Å². The molecule has 0 radical (unpaired) electrons. The van der Waals surface area contributed by atoms with Crippen molar-refractivity contribution in [1.29, 1.82) is 0 Å². The highest BCUT2D eigenvalue weighted by Crippen LogP contribution is 2.22. The van der Waals surface area contributed by atoms with Crippen molar-refractivity contribution < 1.29 is 4.79 Å². The third-order valence-electron chi connectivity index (χ3n) is 3.21. The second-order valence-corrected chi connectivity index (χ2v) is 5.08. The van der Waals surface area contributed by atoms with E-state index in [1.807, 2.05) is 30.3 Å². The topological polar surface area (TPSA) is 72.9 Å². The number of nitrogens with zero attached hydrogens (tertiary/aromatic N) is 2. The van der Waals surface area contributed by atoms with Crippen LogP contribution in [0.2, 0.25) is 5.02 Å². The Hall–Kier alpha value is -2.63. The molecule has 22 heavy (non-hydrogen) atoms. The number of carbonyl (C=O) groups is 1. The van der Waals surface area contributed by atoms with Crippen LogP contribution >= 0.6 is 11.6 Å². The molecule has 1 heterocycles. The van der Waals surface area contributed by atoms with Crippen molar-refractivity contribution in [1.82, 2.24) is 15.2 Å². The van der Waals surface area contributed by atoms with Gasteiger partial charge in [0, 0.05) is 10.6 Å². The zero-order chi connectivity index (χ0) is 15.5.